The van der Waals surface area contributed by atoms with Gasteiger partial charge in [0.2, 0.25) is 5.91 Å². The van der Waals surface area contributed by atoms with Crippen LogP contribution in [-0.2, 0) is 11.2 Å². The summed E-state index contributed by atoms with van der Waals surface area (Å²) in [5.74, 6) is 2.08. The van der Waals surface area contributed by atoms with Gasteiger partial charge in [-0.15, -0.1) is 0 Å². The Kier molecular flexibility index (Phi) is 5.84. The Morgan fingerprint density at radius 1 is 1.04 bits per heavy atom. The molecule has 4 heteroatoms. The highest BCUT2D eigenvalue weighted by molar-refractivity contribution is 5.80. The lowest BCUT2D eigenvalue weighted by Crippen LogP contribution is -2.41. The third-order valence-electron chi connectivity index (χ3n) is 6.04. The largest absolute Gasteiger partial charge is 0.493 e. The van der Waals surface area contributed by atoms with Crippen molar-refractivity contribution in [3.05, 3.63) is 59.7 Å². The van der Waals surface area contributed by atoms with Crippen molar-refractivity contribution >= 4 is 5.91 Å². The molecule has 1 aliphatic heterocycles. The quantitative estimate of drug-likeness (QED) is 0.805. The molecule has 28 heavy (non-hydrogen) atoms. The van der Waals surface area contributed by atoms with E-state index in [-0.39, 0.29) is 11.8 Å². The summed E-state index contributed by atoms with van der Waals surface area (Å²) >= 11 is 0. The normalized spacial score (nSPS) is 22.7. The zero-order valence-corrected chi connectivity index (χ0v) is 16.5. The first-order chi connectivity index (χ1) is 13.7. The Labute approximate surface area is 167 Å². The van der Waals surface area contributed by atoms with Crippen molar-refractivity contribution in [2.24, 2.45) is 5.92 Å². The van der Waals surface area contributed by atoms with Crippen LogP contribution in [0.4, 0.5) is 0 Å². The summed E-state index contributed by atoms with van der Waals surface area (Å²) in [4.78, 5) is 12.4. The van der Waals surface area contributed by atoms with E-state index in [9.17, 15) is 4.79 Å². The van der Waals surface area contributed by atoms with E-state index in [4.69, 9.17) is 9.47 Å². The van der Waals surface area contributed by atoms with Crippen molar-refractivity contribution in [1.29, 1.82) is 0 Å². The van der Waals surface area contributed by atoms with Crippen LogP contribution in [-0.4, -0.2) is 25.7 Å². The van der Waals surface area contributed by atoms with Crippen molar-refractivity contribution in [1.82, 2.24) is 5.32 Å². The summed E-state index contributed by atoms with van der Waals surface area (Å²) in [5.41, 5.74) is 2.43. The molecule has 1 saturated carbocycles. The number of carbonyl (C=O) groups is 1. The van der Waals surface area contributed by atoms with E-state index in [2.05, 4.69) is 29.6 Å². The summed E-state index contributed by atoms with van der Waals surface area (Å²) < 4.78 is 11.8. The van der Waals surface area contributed by atoms with Crippen LogP contribution in [0.5, 0.6) is 11.5 Å². The minimum atomic E-state index is 0.00227. The molecule has 4 nitrogen and oxygen atoms in total. The highest BCUT2D eigenvalue weighted by atomic mass is 16.5. The summed E-state index contributed by atoms with van der Waals surface area (Å²) in [6.45, 7) is 0.680. The summed E-state index contributed by atoms with van der Waals surface area (Å²) in [6, 6.07) is 16.5. The Balaban J connectivity index is 1.50. The number of carbonyl (C=O) groups excluding carboxylic acids is 1. The van der Waals surface area contributed by atoms with Gasteiger partial charge in [0.05, 0.1) is 13.2 Å². The highest BCUT2D eigenvalue weighted by Gasteiger charge is 2.30. The van der Waals surface area contributed by atoms with E-state index < -0.39 is 0 Å². The van der Waals surface area contributed by atoms with Gasteiger partial charge in [-0.25, -0.2) is 0 Å². The van der Waals surface area contributed by atoms with Gasteiger partial charge in [-0.1, -0.05) is 36.4 Å². The van der Waals surface area contributed by atoms with Crippen molar-refractivity contribution in [2.75, 3.05) is 13.7 Å². The second-order valence-electron chi connectivity index (χ2n) is 8.00. The Bertz CT molecular complexity index is 799. The zero-order valence-electron chi connectivity index (χ0n) is 16.5. The van der Waals surface area contributed by atoms with Crippen LogP contribution in [0.25, 0.3) is 0 Å². The number of methoxy groups -OCH3 is 1. The first kappa shape index (κ1) is 18.9. The predicted molar refractivity (Wildman–Crippen MR) is 110 cm³/mol. The van der Waals surface area contributed by atoms with E-state index in [1.54, 1.807) is 7.11 Å². The van der Waals surface area contributed by atoms with Crippen molar-refractivity contribution < 1.29 is 14.3 Å². The molecule has 1 aliphatic carbocycles. The number of rotatable bonds is 6. The van der Waals surface area contributed by atoms with Crippen LogP contribution >= 0.6 is 0 Å². The summed E-state index contributed by atoms with van der Waals surface area (Å²) in [7, 11) is 1.69. The monoisotopic (exact) mass is 379 g/mol. The third-order valence-corrected chi connectivity index (χ3v) is 6.04. The third kappa shape index (κ3) is 4.32. The molecule has 1 amide bonds. The fourth-order valence-electron chi connectivity index (χ4n) is 4.46. The van der Waals surface area contributed by atoms with E-state index in [1.807, 2.05) is 24.3 Å². The molecule has 0 spiro atoms. The van der Waals surface area contributed by atoms with E-state index >= 15 is 0 Å². The smallest absolute Gasteiger partial charge is 0.223 e. The van der Waals surface area contributed by atoms with Crippen LogP contribution in [0.15, 0.2) is 48.5 Å². The average Bonchev–Trinajstić information content (AvgIpc) is 3.23. The lowest BCUT2D eigenvalue weighted by molar-refractivity contribution is -0.126. The lowest BCUT2D eigenvalue weighted by Gasteiger charge is -2.30. The second-order valence-corrected chi connectivity index (χ2v) is 8.00. The lowest BCUT2D eigenvalue weighted by atomic mass is 9.82. The van der Waals surface area contributed by atoms with Gasteiger partial charge in [0.15, 0.2) is 11.5 Å². The first-order valence-corrected chi connectivity index (χ1v) is 10.4. The molecule has 2 atom stereocenters. The van der Waals surface area contributed by atoms with Gasteiger partial charge in [-0.05, 0) is 61.8 Å². The Hall–Kier alpha value is -2.49. The van der Waals surface area contributed by atoms with Crippen molar-refractivity contribution in [3.8, 4) is 11.5 Å². The number of ether oxygens (including phenoxy) is 2. The SMILES string of the molecule is COc1ccc([C@H]2CNC(=O)[C@H](Cc3ccccc3)C2)cc1OC1CCCC1. The van der Waals surface area contributed by atoms with E-state index in [1.165, 1.54) is 24.0 Å². The maximum atomic E-state index is 12.4. The zero-order chi connectivity index (χ0) is 19.3. The Morgan fingerprint density at radius 2 is 1.82 bits per heavy atom. The summed E-state index contributed by atoms with van der Waals surface area (Å²) in [5, 5.41) is 3.11. The van der Waals surface area contributed by atoms with Crippen LogP contribution in [0.3, 0.4) is 0 Å². The van der Waals surface area contributed by atoms with Gasteiger partial charge in [-0.2, -0.15) is 0 Å². The molecule has 0 bridgehead atoms. The maximum Gasteiger partial charge on any atom is 0.223 e. The number of benzene rings is 2. The molecular weight excluding hydrogens is 350 g/mol. The van der Waals surface area contributed by atoms with Gasteiger partial charge >= 0.3 is 0 Å². The standard InChI is InChI=1S/C24H29NO3/c1-27-22-12-11-18(15-23(22)28-21-9-5-6-10-21)20-14-19(24(26)25-16-20)13-17-7-3-2-4-8-17/h2-4,7-8,11-12,15,19-21H,5-6,9-10,13-14,16H2,1H3,(H,25,26)/t19-,20-/m1/s1. The molecular formula is C24H29NO3. The van der Waals surface area contributed by atoms with Crippen LogP contribution < -0.4 is 14.8 Å². The predicted octanol–water partition coefficient (Wildman–Crippen LogP) is 4.48. The molecule has 0 aromatic heterocycles. The fraction of sp³-hybridized carbons (Fsp3) is 0.458. The molecule has 0 radical (unpaired) electrons. The molecule has 1 saturated heterocycles. The molecule has 148 valence electrons. The van der Waals surface area contributed by atoms with Crippen LogP contribution in [0, 0.1) is 5.92 Å². The second kappa shape index (κ2) is 8.68. The Morgan fingerprint density at radius 3 is 2.57 bits per heavy atom. The molecule has 2 fully saturated rings. The first-order valence-electron chi connectivity index (χ1n) is 10.4. The van der Waals surface area contributed by atoms with Gasteiger partial charge in [-0.3, -0.25) is 4.79 Å². The fourth-order valence-corrected chi connectivity index (χ4v) is 4.46. The van der Waals surface area contributed by atoms with Gasteiger partial charge in [0.1, 0.15) is 0 Å². The molecule has 2 aromatic rings. The van der Waals surface area contributed by atoms with Crippen LogP contribution in [0.1, 0.15) is 49.1 Å². The van der Waals surface area contributed by atoms with Crippen molar-refractivity contribution in [3.63, 3.8) is 0 Å². The molecule has 1 N–H and O–H groups in total. The highest BCUT2D eigenvalue weighted by Crippen LogP contribution is 2.37. The van der Waals surface area contributed by atoms with E-state index in [0.717, 1.165) is 37.2 Å². The average molecular weight is 380 g/mol. The van der Waals surface area contributed by atoms with Gasteiger partial charge in [0, 0.05) is 18.4 Å². The minimum absolute atomic E-state index is 0.00227. The number of piperidine rings is 1. The number of amides is 1. The van der Waals surface area contributed by atoms with E-state index in [0.29, 0.717) is 18.6 Å². The maximum absolute atomic E-state index is 12.4. The number of hydrogen-bond acceptors (Lipinski definition) is 3. The van der Waals surface area contributed by atoms with Crippen molar-refractivity contribution in [2.45, 2.75) is 50.5 Å². The minimum Gasteiger partial charge on any atom is -0.493 e. The molecule has 2 aliphatic rings. The molecule has 4 rings (SSSR count). The van der Waals surface area contributed by atoms with Gasteiger partial charge in [0.25, 0.3) is 0 Å². The number of hydrogen-bond donors (Lipinski definition) is 1. The topological polar surface area (TPSA) is 47.6 Å². The molecule has 1 heterocycles. The molecule has 0 unspecified atom stereocenters. The van der Waals surface area contributed by atoms with Crippen LogP contribution in [0.2, 0.25) is 0 Å². The molecule has 2 aromatic carbocycles. The van der Waals surface area contributed by atoms with Gasteiger partial charge < -0.3 is 14.8 Å². The number of nitrogens with one attached hydrogen (secondary N) is 1. The summed E-state index contributed by atoms with van der Waals surface area (Å²) in [6.07, 6.45) is 6.64.